The molecule has 1 heterocycles. The minimum Gasteiger partial charge on any atom is -0.507 e. The summed E-state index contributed by atoms with van der Waals surface area (Å²) >= 11 is 0. The molecule has 0 bridgehead atoms. The van der Waals surface area contributed by atoms with E-state index in [9.17, 15) is 10.2 Å². The molecule has 6 nitrogen and oxygen atoms in total. The number of phenolic OH excluding ortho intramolecular Hbond substituents is 1. The third-order valence-corrected chi connectivity index (χ3v) is 3.72. The molecule has 0 unspecified atom stereocenters. The molecule has 1 saturated carbocycles. The van der Waals surface area contributed by atoms with Crippen LogP contribution in [0.3, 0.4) is 0 Å². The largest absolute Gasteiger partial charge is 0.507 e. The highest BCUT2D eigenvalue weighted by atomic mass is 16.3. The zero-order valence-corrected chi connectivity index (χ0v) is 12.0. The van der Waals surface area contributed by atoms with Crippen molar-refractivity contribution in [1.29, 1.82) is 0 Å². The number of aryl methyl sites for hydroxylation is 2. The predicted molar refractivity (Wildman–Crippen MR) is 79.1 cm³/mol. The Hall–Kier alpha value is -2.21. The minimum absolute atomic E-state index is 0.187. The van der Waals surface area contributed by atoms with Crippen LogP contribution in [0.2, 0.25) is 0 Å². The standard InChI is InChI=1S/C15H18N4O2/c1-8-3-9(2)14(13(21)4-8)12-7-16-15(19-18-12)17-10-5-11(20)6-10/h3-4,7,10-11,20-21H,5-6H2,1-2H3,(H,16,17,19). The zero-order chi connectivity index (χ0) is 15.0. The van der Waals surface area contributed by atoms with Crippen LogP contribution in [-0.2, 0) is 0 Å². The second-order valence-electron chi connectivity index (χ2n) is 5.61. The molecule has 3 N–H and O–H groups in total. The van der Waals surface area contributed by atoms with Crippen LogP contribution in [0.4, 0.5) is 5.95 Å². The number of aromatic hydroxyl groups is 1. The highest BCUT2D eigenvalue weighted by molar-refractivity contribution is 5.70. The SMILES string of the molecule is Cc1cc(C)c(-c2cnc(NC3CC(O)C3)nn2)c(O)c1. The molecule has 110 valence electrons. The van der Waals surface area contributed by atoms with Gasteiger partial charge in [0.15, 0.2) is 0 Å². The Kier molecular flexibility index (Phi) is 3.47. The molecule has 0 amide bonds. The quantitative estimate of drug-likeness (QED) is 0.797. The molecule has 0 spiro atoms. The Morgan fingerprint density at radius 3 is 2.52 bits per heavy atom. The van der Waals surface area contributed by atoms with E-state index in [1.165, 1.54) is 0 Å². The van der Waals surface area contributed by atoms with Gasteiger partial charge in [0.25, 0.3) is 0 Å². The number of aliphatic hydroxyl groups is 1. The van der Waals surface area contributed by atoms with E-state index < -0.39 is 0 Å². The summed E-state index contributed by atoms with van der Waals surface area (Å²) < 4.78 is 0. The molecule has 21 heavy (non-hydrogen) atoms. The van der Waals surface area contributed by atoms with Gasteiger partial charge in [-0.2, -0.15) is 0 Å². The number of aliphatic hydroxyl groups excluding tert-OH is 1. The van der Waals surface area contributed by atoms with Crippen LogP contribution in [0.15, 0.2) is 18.3 Å². The Morgan fingerprint density at radius 2 is 1.95 bits per heavy atom. The molecule has 2 aromatic rings. The first kappa shape index (κ1) is 13.8. The summed E-state index contributed by atoms with van der Waals surface area (Å²) in [6.45, 7) is 3.85. The van der Waals surface area contributed by atoms with E-state index in [0.29, 0.717) is 30.0 Å². The molecular formula is C15H18N4O2. The van der Waals surface area contributed by atoms with Gasteiger partial charge in [0.2, 0.25) is 5.95 Å². The van der Waals surface area contributed by atoms with E-state index in [2.05, 4.69) is 20.5 Å². The molecule has 0 saturated heterocycles. The van der Waals surface area contributed by atoms with E-state index in [0.717, 1.165) is 11.1 Å². The number of nitrogens with zero attached hydrogens (tertiary/aromatic N) is 3. The number of nitrogens with one attached hydrogen (secondary N) is 1. The van der Waals surface area contributed by atoms with E-state index in [1.807, 2.05) is 19.9 Å². The van der Waals surface area contributed by atoms with Crippen molar-refractivity contribution in [1.82, 2.24) is 15.2 Å². The highest BCUT2D eigenvalue weighted by Crippen LogP contribution is 2.31. The van der Waals surface area contributed by atoms with Gasteiger partial charge in [0.1, 0.15) is 11.4 Å². The Bertz CT molecular complexity index is 628. The average molecular weight is 286 g/mol. The average Bonchev–Trinajstić information content (AvgIpc) is 2.37. The fourth-order valence-corrected chi connectivity index (χ4v) is 2.62. The summed E-state index contributed by atoms with van der Waals surface area (Å²) in [4.78, 5) is 4.23. The molecule has 1 aliphatic rings. The molecular weight excluding hydrogens is 268 g/mol. The van der Waals surface area contributed by atoms with E-state index in [1.54, 1.807) is 12.3 Å². The molecule has 1 fully saturated rings. The topological polar surface area (TPSA) is 91.2 Å². The Balaban J connectivity index is 1.81. The lowest BCUT2D eigenvalue weighted by Gasteiger charge is -2.31. The number of benzene rings is 1. The van der Waals surface area contributed by atoms with E-state index in [4.69, 9.17) is 0 Å². The van der Waals surface area contributed by atoms with Gasteiger partial charge in [-0.15, -0.1) is 10.2 Å². The monoisotopic (exact) mass is 286 g/mol. The van der Waals surface area contributed by atoms with Crippen LogP contribution in [-0.4, -0.2) is 37.5 Å². The van der Waals surface area contributed by atoms with Crippen LogP contribution >= 0.6 is 0 Å². The maximum Gasteiger partial charge on any atom is 0.242 e. The second-order valence-corrected chi connectivity index (χ2v) is 5.61. The molecule has 1 aromatic carbocycles. The fraction of sp³-hybridized carbons (Fsp3) is 0.400. The predicted octanol–water partition coefficient (Wildman–Crippen LogP) is 1.80. The maximum atomic E-state index is 10.1. The van der Waals surface area contributed by atoms with Gasteiger partial charge >= 0.3 is 0 Å². The second kappa shape index (κ2) is 5.29. The molecule has 0 atom stereocenters. The Morgan fingerprint density at radius 1 is 1.19 bits per heavy atom. The first-order valence-corrected chi connectivity index (χ1v) is 6.98. The first-order chi connectivity index (χ1) is 10.0. The summed E-state index contributed by atoms with van der Waals surface area (Å²) in [5.41, 5.74) is 3.14. The van der Waals surface area contributed by atoms with Crippen molar-refractivity contribution in [3.8, 4) is 17.0 Å². The molecule has 1 aliphatic carbocycles. The summed E-state index contributed by atoms with van der Waals surface area (Å²) in [7, 11) is 0. The van der Waals surface area contributed by atoms with Gasteiger partial charge in [-0.05, 0) is 43.9 Å². The molecule has 6 heteroatoms. The van der Waals surface area contributed by atoms with Gasteiger partial charge in [-0.1, -0.05) is 6.07 Å². The van der Waals surface area contributed by atoms with Gasteiger partial charge in [-0.25, -0.2) is 4.98 Å². The lowest BCUT2D eigenvalue weighted by Crippen LogP contribution is -2.39. The highest BCUT2D eigenvalue weighted by Gasteiger charge is 2.27. The maximum absolute atomic E-state index is 10.1. The number of anilines is 1. The summed E-state index contributed by atoms with van der Waals surface area (Å²) in [6.07, 6.45) is 2.80. The Labute approximate surface area is 122 Å². The third-order valence-electron chi connectivity index (χ3n) is 3.72. The first-order valence-electron chi connectivity index (χ1n) is 6.98. The van der Waals surface area contributed by atoms with Gasteiger partial charge in [-0.3, -0.25) is 0 Å². The summed E-state index contributed by atoms with van der Waals surface area (Å²) in [5, 5.41) is 30.6. The molecule has 1 aromatic heterocycles. The van der Waals surface area contributed by atoms with Crippen molar-refractivity contribution in [3.05, 3.63) is 29.5 Å². The van der Waals surface area contributed by atoms with Crippen LogP contribution in [0, 0.1) is 13.8 Å². The van der Waals surface area contributed by atoms with Crippen molar-refractivity contribution in [2.45, 2.75) is 38.8 Å². The zero-order valence-electron chi connectivity index (χ0n) is 12.0. The van der Waals surface area contributed by atoms with E-state index >= 15 is 0 Å². The van der Waals surface area contributed by atoms with Crippen molar-refractivity contribution in [2.75, 3.05) is 5.32 Å². The lowest BCUT2D eigenvalue weighted by atomic mass is 9.90. The number of phenols is 1. The fourth-order valence-electron chi connectivity index (χ4n) is 2.62. The van der Waals surface area contributed by atoms with Crippen molar-refractivity contribution in [2.24, 2.45) is 0 Å². The molecule has 0 radical (unpaired) electrons. The van der Waals surface area contributed by atoms with Crippen LogP contribution in [0.25, 0.3) is 11.3 Å². The van der Waals surface area contributed by atoms with Crippen LogP contribution < -0.4 is 5.32 Å². The number of hydrogen-bond donors (Lipinski definition) is 3. The van der Waals surface area contributed by atoms with Gasteiger partial charge in [0.05, 0.1) is 12.3 Å². The molecule has 0 aliphatic heterocycles. The number of hydrogen-bond acceptors (Lipinski definition) is 6. The van der Waals surface area contributed by atoms with Crippen LogP contribution in [0.1, 0.15) is 24.0 Å². The minimum atomic E-state index is -0.220. The van der Waals surface area contributed by atoms with Crippen LogP contribution in [0.5, 0.6) is 5.75 Å². The van der Waals surface area contributed by atoms with Gasteiger partial charge in [0, 0.05) is 11.6 Å². The number of rotatable bonds is 3. The van der Waals surface area contributed by atoms with Crippen molar-refractivity contribution < 1.29 is 10.2 Å². The number of aromatic nitrogens is 3. The third kappa shape index (κ3) is 2.80. The molecule has 3 rings (SSSR count). The van der Waals surface area contributed by atoms with E-state index in [-0.39, 0.29) is 17.9 Å². The van der Waals surface area contributed by atoms with Gasteiger partial charge < -0.3 is 15.5 Å². The van der Waals surface area contributed by atoms with Crippen molar-refractivity contribution in [3.63, 3.8) is 0 Å². The smallest absolute Gasteiger partial charge is 0.242 e. The van der Waals surface area contributed by atoms with Crippen molar-refractivity contribution >= 4 is 5.95 Å². The summed E-state index contributed by atoms with van der Waals surface area (Å²) in [5.74, 6) is 0.631. The normalized spacial score (nSPS) is 20.9. The summed E-state index contributed by atoms with van der Waals surface area (Å²) in [6, 6.07) is 3.90. The lowest BCUT2D eigenvalue weighted by molar-refractivity contribution is 0.0834.